The molecule has 0 bridgehead atoms. The van der Waals surface area contributed by atoms with Crippen LogP contribution in [-0.4, -0.2) is 40.5 Å². The number of carbonyl (C=O) groups excluding carboxylic acids is 1. The molecule has 1 aliphatic rings. The van der Waals surface area contributed by atoms with Crippen LogP contribution in [0.5, 0.6) is 0 Å². The zero-order valence-electron chi connectivity index (χ0n) is 10.9. The summed E-state index contributed by atoms with van der Waals surface area (Å²) in [5, 5.41) is 9.15. The molecule has 17 heavy (non-hydrogen) atoms. The molecule has 1 fully saturated rings. The molecule has 0 spiro atoms. The number of aliphatic carboxylic acids is 1. The summed E-state index contributed by atoms with van der Waals surface area (Å²) >= 11 is 0. The third kappa shape index (κ3) is 2.77. The molecule has 3 atom stereocenters. The zero-order valence-corrected chi connectivity index (χ0v) is 10.9. The van der Waals surface area contributed by atoms with Gasteiger partial charge in [0.2, 0.25) is 5.91 Å². The highest BCUT2D eigenvalue weighted by molar-refractivity contribution is 5.88. The molecule has 0 saturated carbocycles. The highest BCUT2D eigenvalue weighted by atomic mass is 16.4. The Hall–Kier alpha value is -1.10. The van der Waals surface area contributed by atoms with E-state index in [1.807, 2.05) is 27.7 Å². The summed E-state index contributed by atoms with van der Waals surface area (Å²) in [4.78, 5) is 24.8. The maximum absolute atomic E-state index is 12.2. The van der Waals surface area contributed by atoms with Gasteiger partial charge in [-0.25, -0.2) is 4.79 Å². The Balaban J connectivity index is 2.86. The first-order chi connectivity index (χ1) is 7.66. The Labute approximate surface area is 102 Å². The van der Waals surface area contributed by atoms with Gasteiger partial charge in [0.05, 0.1) is 6.04 Å². The van der Waals surface area contributed by atoms with E-state index in [1.54, 1.807) is 0 Å². The number of nitrogens with two attached hydrogens (primary N) is 1. The van der Waals surface area contributed by atoms with Crippen LogP contribution in [0.15, 0.2) is 0 Å². The Bertz CT molecular complexity index is 322. The normalized spacial score (nSPS) is 27.0. The van der Waals surface area contributed by atoms with Crippen LogP contribution in [0.25, 0.3) is 0 Å². The largest absolute Gasteiger partial charge is 0.480 e. The first kappa shape index (κ1) is 14.0. The molecule has 1 rings (SSSR count). The highest BCUT2D eigenvalue weighted by Crippen LogP contribution is 2.27. The Morgan fingerprint density at radius 1 is 1.41 bits per heavy atom. The molecule has 1 aliphatic heterocycles. The number of hydrogen-bond acceptors (Lipinski definition) is 3. The third-order valence-electron chi connectivity index (χ3n) is 3.44. The minimum atomic E-state index is -0.940. The van der Waals surface area contributed by atoms with Crippen molar-refractivity contribution in [3.63, 3.8) is 0 Å². The maximum Gasteiger partial charge on any atom is 0.326 e. The van der Waals surface area contributed by atoms with Gasteiger partial charge in [0.25, 0.3) is 0 Å². The summed E-state index contributed by atoms with van der Waals surface area (Å²) in [6.07, 6.45) is 0.722. The molecule has 5 heteroatoms. The summed E-state index contributed by atoms with van der Waals surface area (Å²) in [5.41, 5.74) is 5.54. The first-order valence-electron chi connectivity index (χ1n) is 5.95. The van der Waals surface area contributed by atoms with Crippen molar-refractivity contribution in [2.24, 2.45) is 17.1 Å². The molecule has 1 heterocycles. The molecule has 3 N–H and O–H groups in total. The lowest BCUT2D eigenvalue weighted by molar-refractivity contribution is -0.150. The average molecular weight is 242 g/mol. The SMILES string of the molecule is CC1CCN(C(=O)[C@H](N)C(C)(C)C)C1C(=O)O. The van der Waals surface area contributed by atoms with Gasteiger partial charge in [-0.3, -0.25) is 4.79 Å². The van der Waals surface area contributed by atoms with Crippen molar-refractivity contribution in [2.45, 2.75) is 46.2 Å². The summed E-state index contributed by atoms with van der Waals surface area (Å²) in [6, 6.07) is -1.38. The number of carbonyl (C=O) groups is 2. The second-order valence-electron chi connectivity index (χ2n) is 5.92. The molecule has 0 radical (unpaired) electrons. The van der Waals surface area contributed by atoms with Gasteiger partial charge in [-0.05, 0) is 17.8 Å². The van der Waals surface area contributed by atoms with E-state index in [9.17, 15) is 9.59 Å². The predicted octanol–water partition coefficient (Wildman–Crippen LogP) is 0.681. The van der Waals surface area contributed by atoms with E-state index in [1.165, 1.54) is 4.90 Å². The Kier molecular flexibility index (Phi) is 3.81. The molecule has 1 amide bonds. The van der Waals surface area contributed by atoms with Gasteiger partial charge in [-0.1, -0.05) is 27.7 Å². The van der Waals surface area contributed by atoms with Gasteiger partial charge in [0, 0.05) is 6.54 Å². The molecule has 0 aromatic rings. The van der Waals surface area contributed by atoms with Crippen LogP contribution in [0.2, 0.25) is 0 Å². The summed E-state index contributed by atoms with van der Waals surface area (Å²) in [7, 11) is 0. The number of carboxylic acids is 1. The van der Waals surface area contributed by atoms with Crippen molar-refractivity contribution in [3.05, 3.63) is 0 Å². The zero-order chi connectivity index (χ0) is 13.4. The predicted molar refractivity (Wildman–Crippen MR) is 64.3 cm³/mol. The second kappa shape index (κ2) is 4.64. The Morgan fingerprint density at radius 3 is 2.35 bits per heavy atom. The molecule has 1 saturated heterocycles. The topological polar surface area (TPSA) is 83.6 Å². The summed E-state index contributed by atoms with van der Waals surface area (Å²) in [5.74, 6) is -1.21. The lowest BCUT2D eigenvalue weighted by Gasteiger charge is -2.32. The van der Waals surface area contributed by atoms with E-state index in [-0.39, 0.29) is 17.2 Å². The maximum atomic E-state index is 12.2. The van der Waals surface area contributed by atoms with Crippen LogP contribution in [0.3, 0.4) is 0 Å². The summed E-state index contributed by atoms with van der Waals surface area (Å²) < 4.78 is 0. The fourth-order valence-electron chi connectivity index (χ4n) is 2.12. The molecule has 0 aromatic heterocycles. The molecule has 0 aromatic carbocycles. The van der Waals surface area contributed by atoms with E-state index >= 15 is 0 Å². The fraction of sp³-hybridized carbons (Fsp3) is 0.833. The molecular formula is C12H22N2O3. The van der Waals surface area contributed by atoms with Crippen LogP contribution in [0.4, 0.5) is 0 Å². The van der Waals surface area contributed by atoms with E-state index in [0.29, 0.717) is 6.54 Å². The average Bonchev–Trinajstić information content (AvgIpc) is 2.56. The van der Waals surface area contributed by atoms with Crippen LogP contribution in [0, 0.1) is 11.3 Å². The highest BCUT2D eigenvalue weighted by Gasteiger charge is 2.42. The smallest absolute Gasteiger partial charge is 0.326 e. The van der Waals surface area contributed by atoms with Crippen molar-refractivity contribution in [1.29, 1.82) is 0 Å². The second-order valence-corrected chi connectivity index (χ2v) is 5.92. The minimum Gasteiger partial charge on any atom is -0.480 e. The molecule has 98 valence electrons. The van der Waals surface area contributed by atoms with E-state index < -0.39 is 18.1 Å². The van der Waals surface area contributed by atoms with Gasteiger partial charge < -0.3 is 15.7 Å². The van der Waals surface area contributed by atoms with Gasteiger partial charge in [-0.2, -0.15) is 0 Å². The first-order valence-corrected chi connectivity index (χ1v) is 5.95. The van der Waals surface area contributed by atoms with Gasteiger partial charge >= 0.3 is 5.97 Å². The van der Waals surface area contributed by atoms with Crippen LogP contribution in [0.1, 0.15) is 34.1 Å². The van der Waals surface area contributed by atoms with Crippen molar-refractivity contribution < 1.29 is 14.7 Å². The van der Waals surface area contributed by atoms with Crippen molar-refractivity contribution >= 4 is 11.9 Å². The van der Waals surface area contributed by atoms with Gasteiger partial charge in [0.15, 0.2) is 0 Å². The van der Waals surface area contributed by atoms with E-state index in [4.69, 9.17) is 10.8 Å². The van der Waals surface area contributed by atoms with Crippen LogP contribution < -0.4 is 5.73 Å². The minimum absolute atomic E-state index is 0.0105. The number of likely N-dealkylation sites (tertiary alicyclic amines) is 1. The quantitative estimate of drug-likeness (QED) is 0.746. The van der Waals surface area contributed by atoms with E-state index in [2.05, 4.69) is 0 Å². The number of rotatable bonds is 2. The van der Waals surface area contributed by atoms with Crippen LogP contribution >= 0.6 is 0 Å². The Morgan fingerprint density at radius 2 is 1.94 bits per heavy atom. The summed E-state index contributed by atoms with van der Waals surface area (Å²) in [6.45, 7) is 7.98. The van der Waals surface area contributed by atoms with Crippen LogP contribution in [-0.2, 0) is 9.59 Å². The number of carboxylic acid groups (broad SMARTS) is 1. The monoisotopic (exact) mass is 242 g/mol. The lowest BCUT2D eigenvalue weighted by Crippen LogP contribution is -2.54. The number of amides is 1. The van der Waals surface area contributed by atoms with Crippen molar-refractivity contribution in [1.82, 2.24) is 4.90 Å². The van der Waals surface area contributed by atoms with Crippen molar-refractivity contribution in [3.8, 4) is 0 Å². The molecule has 0 aliphatic carbocycles. The van der Waals surface area contributed by atoms with Gasteiger partial charge in [-0.15, -0.1) is 0 Å². The number of hydrogen-bond donors (Lipinski definition) is 2. The number of nitrogens with zero attached hydrogens (tertiary/aromatic N) is 1. The fourth-order valence-corrected chi connectivity index (χ4v) is 2.12. The molecular weight excluding hydrogens is 220 g/mol. The third-order valence-corrected chi connectivity index (χ3v) is 3.44. The van der Waals surface area contributed by atoms with E-state index in [0.717, 1.165) is 6.42 Å². The lowest BCUT2D eigenvalue weighted by atomic mass is 9.86. The van der Waals surface area contributed by atoms with Crippen molar-refractivity contribution in [2.75, 3.05) is 6.54 Å². The molecule has 5 nitrogen and oxygen atoms in total. The standard InChI is InChI=1S/C12H22N2O3/c1-7-5-6-14(8(7)11(16)17)10(15)9(13)12(2,3)4/h7-9H,5-6,13H2,1-4H3,(H,16,17)/t7?,8?,9-/m0/s1. The molecule has 2 unspecified atom stereocenters. The van der Waals surface area contributed by atoms with Gasteiger partial charge in [0.1, 0.15) is 6.04 Å².